The standard InChI is InChI=1S/C24H27N3O3/c1-5-16(2)20-13-9-10-14-21(20)25-22(28)15-30-24(29)23-17(3)26-27(18(23)4)19-11-7-6-8-12-19/h6-14,16H,5,15H2,1-4H3,(H,25,28)/t16-/m0/s1. The predicted octanol–water partition coefficient (Wildman–Crippen LogP) is 4.80. The van der Waals surface area contributed by atoms with Crippen molar-refractivity contribution in [3.8, 4) is 5.69 Å². The van der Waals surface area contributed by atoms with E-state index in [0.29, 0.717) is 22.9 Å². The number of nitrogens with one attached hydrogen (secondary N) is 1. The van der Waals surface area contributed by atoms with E-state index in [1.165, 1.54) is 0 Å². The van der Waals surface area contributed by atoms with Gasteiger partial charge in [-0.3, -0.25) is 4.79 Å². The van der Waals surface area contributed by atoms with Crippen LogP contribution in [0.2, 0.25) is 0 Å². The Bertz CT molecular complexity index is 1040. The van der Waals surface area contributed by atoms with Gasteiger partial charge in [-0.1, -0.05) is 50.2 Å². The number of carbonyl (C=O) groups is 2. The molecule has 0 bridgehead atoms. The molecule has 0 aliphatic heterocycles. The molecule has 0 aliphatic carbocycles. The first-order chi connectivity index (χ1) is 14.4. The van der Waals surface area contributed by atoms with Crippen LogP contribution in [-0.2, 0) is 9.53 Å². The van der Waals surface area contributed by atoms with Crippen LogP contribution in [0.25, 0.3) is 5.69 Å². The first kappa shape index (κ1) is 21.3. The van der Waals surface area contributed by atoms with Gasteiger partial charge >= 0.3 is 5.97 Å². The zero-order valence-corrected chi connectivity index (χ0v) is 17.8. The van der Waals surface area contributed by atoms with Crippen molar-refractivity contribution < 1.29 is 14.3 Å². The lowest BCUT2D eigenvalue weighted by Crippen LogP contribution is -2.22. The molecule has 6 nitrogen and oxygen atoms in total. The van der Waals surface area contributed by atoms with E-state index in [1.807, 2.05) is 61.5 Å². The van der Waals surface area contributed by atoms with E-state index in [0.717, 1.165) is 23.4 Å². The smallest absolute Gasteiger partial charge is 0.342 e. The van der Waals surface area contributed by atoms with Gasteiger partial charge < -0.3 is 10.1 Å². The minimum absolute atomic E-state index is 0.318. The largest absolute Gasteiger partial charge is 0.452 e. The molecule has 6 heteroatoms. The molecule has 1 amide bonds. The third-order valence-corrected chi connectivity index (χ3v) is 5.21. The normalized spacial score (nSPS) is 11.7. The zero-order valence-electron chi connectivity index (χ0n) is 17.8. The van der Waals surface area contributed by atoms with Crippen LogP contribution in [0.5, 0.6) is 0 Å². The number of hydrogen-bond donors (Lipinski definition) is 1. The number of esters is 1. The van der Waals surface area contributed by atoms with Crippen molar-refractivity contribution in [2.24, 2.45) is 0 Å². The monoisotopic (exact) mass is 405 g/mol. The maximum atomic E-state index is 12.7. The maximum absolute atomic E-state index is 12.7. The molecule has 0 saturated heterocycles. The van der Waals surface area contributed by atoms with Crippen molar-refractivity contribution in [3.05, 3.63) is 77.1 Å². The van der Waals surface area contributed by atoms with Gasteiger partial charge in [0.2, 0.25) is 0 Å². The maximum Gasteiger partial charge on any atom is 0.342 e. The SMILES string of the molecule is CC[C@H](C)c1ccccc1NC(=O)COC(=O)c1c(C)nn(-c2ccccc2)c1C. The molecule has 1 aromatic heterocycles. The average molecular weight is 405 g/mol. The number of rotatable bonds is 7. The summed E-state index contributed by atoms with van der Waals surface area (Å²) in [6.07, 6.45) is 0.964. The number of benzene rings is 2. The molecule has 0 saturated carbocycles. The third-order valence-electron chi connectivity index (χ3n) is 5.21. The van der Waals surface area contributed by atoms with Crippen molar-refractivity contribution in [1.82, 2.24) is 9.78 Å². The summed E-state index contributed by atoms with van der Waals surface area (Å²) in [6, 6.07) is 17.2. The lowest BCUT2D eigenvalue weighted by atomic mass is 9.97. The van der Waals surface area contributed by atoms with Gasteiger partial charge in [-0.15, -0.1) is 0 Å². The minimum Gasteiger partial charge on any atom is -0.452 e. The summed E-state index contributed by atoms with van der Waals surface area (Å²) in [6.45, 7) is 7.42. The van der Waals surface area contributed by atoms with Gasteiger partial charge in [-0.05, 0) is 49.9 Å². The highest BCUT2D eigenvalue weighted by atomic mass is 16.5. The van der Waals surface area contributed by atoms with Crippen molar-refractivity contribution >= 4 is 17.6 Å². The Morgan fingerprint density at radius 1 is 1.07 bits per heavy atom. The quantitative estimate of drug-likeness (QED) is 0.573. The Morgan fingerprint density at radius 2 is 1.73 bits per heavy atom. The zero-order chi connectivity index (χ0) is 21.7. The molecule has 30 heavy (non-hydrogen) atoms. The number of aromatic nitrogens is 2. The average Bonchev–Trinajstić information content (AvgIpc) is 3.06. The van der Waals surface area contributed by atoms with E-state index in [1.54, 1.807) is 11.6 Å². The topological polar surface area (TPSA) is 73.2 Å². The van der Waals surface area contributed by atoms with Crippen molar-refractivity contribution in [2.45, 2.75) is 40.0 Å². The Balaban J connectivity index is 1.68. The molecule has 0 aliphatic rings. The highest BCUT2D eigenvalue weighted by Gasteiger charge is 2.22. The van der Waals surface area contributed by atoms with Gasteiger partial charge in [0.25, 0.3) is 5.91 Å². The highest BCUT2D eigenvalue weighted by Crippen LogP contribution is 2.26. The Kier molecular flexibility index (Phi) is 6.67. The number of ether oxygens (including phenoxy) is 1. The fourth-order valence-electron chi connectivity index (χ4n) is 3.41. The molecule has 1 heterocycles. The molecular formula is C24H27N3O3. The summed E-state index contributed by atoms with van der Waals surface area (Å²) in [5, 5.41) is 7.31. The van der Waals surface area contributed by atoms with Crippen LogP contribution >= 0.6 is 0 Å². The van der Waals surface area contributed by atoms with Crippen molar-refractivity contribution in [2.75, 3.05) is 11.9 Å². The van der Waals surface area contributed by atoms with E-state index in [2.05, 4.69) is 24.3 Å². The van der Waals surface area contributed by atoms with E-state index in [9.17, 15) is 9.59 Å². The van der Waals surface area contributed by atoms with Crippen LogP contribution < -0.4 is 5.32 Å². The van der Waals surface area contributed by atoms with E-state index < -0.39 is 5.97 Å². The second kappa shape index (κ2) is 9.39. The number of nitrogens with zero attached hydrogens (tertiary/aromatic N) is 2. The van der Waals surface area contributed by atoms with E-state index in [4.69, 9.17) is 4.74 Å². The summed E-state index contributed by atoms with van der Waals surface area (Å²) < 4.78 is 7.00. The number of aryl methyl sites for hydroxylation is 1. The Hall–Kier alpha value is -3.41. The van der Waals surface area contributed by atoms with Crippen LogP contribution in [0.15, 0.2) is 54.6 Å². The summed E-state index contributed by atoms with van der Waals surface area (Å²) in [7, 11) is 0. The molecular weight excluding hydrogens is 378 g/mol. The molecule has 0 fully saturated rings. The van der Waals surface area contributed by atoms with E-state index >= 15 is 0 Å². The molecule has 0 radical (unpaired) electrons. The fourth-order valence-corrected chi connectivity index (χ4v) is 3.41. The summed E-state index contributed by atoms with van der Waals surface area (Å²) >= 11 is 0. The minimum atomic E-state index is -0.558. The summed E-state index contributed by atoms with van der Waals surface area (Å²) in [5.74, 6) is -0.611. The molecule has 3 aromatic rings. The highest BCUT2D eigenvalue weighted by molar-refractivity contribution is 5.97. The summed E-state index contributed by atoms with van der Waals surface area (Å²) in [4.78, 5) is 25.1. The van der Waals surface area contributed by atoms with Crippen LogP contribution in [0.1, 0.15) is 53.5 Å². The lowest BCUT2D eigenvalue weighted by Gasteiger charge is -2.15. The van der Waals surface area contributed by atoms with Crippen LogP contribution in [-0.4, -0.2) is 28.3 Å². The molecule has 0 unspecified atom stereocenters. The molecule has 1 atom stereocenters. The number of amides is 1. The second-order valence-corrected chi connectivity index (χ2v) is 7.31. The molecule has 2 aromatic carbocycles. The lowest BCUT2D eigenvalue weighted by molar-refractivity contribution is -0.119. The molecule has 1 N–H and O–H groups in total. The van der Waals surface area contributed by atoms with Crippen molar-refractivity contribution in [1.29, 1.82) is 0 Å². The Morgan fingerprint density at radius 3 is 2.43 bits per heavy atom. The Labute approximate surface area is 176 Å². The van der Waals surface area contributed by atoms with Crippen LogP contribution in [0.3, 0.4) is 0 Å². The third kappa shape index (κ3) is 4.59. The van der Waals surface area contributed by atoms with Gasteiger partial charge in [0.15, 0.2) is 6.61 Å². The van der Waals surface area contributed by atoms with Crippen LogP contribution in [0, 0.1) is 13.8 Å². The number of para-hydroxylation sites is 2. The van der Waals surface area contributed by atoms with E-state index in [-0.39, 0.29) is 12.5 Å². The second-order valence-electron chi connectivity index (χ2n) is 7.31. The molecule has 3 rings (SSSR count). The van der Waals surface area contributed by atoms with Gasteiger partial charge in [-0.25, -0.2) is 9.48 Å². The van der Waals surface area contributed by atoms with Gasteiger partial charge in [0.1, 0.15) is 5.56 Å². The fraction of sp³-hybridized carbons (Fsp3) is 0.292. The first-order valence-electron chi connectivity index (χ1n) is 10.1. The molecule has 0 spiro atoms. The van der Waals surface area contributed by atoms with Crippen LogP contribution in [0.4, 0.5) is 5.69 Å². The van der Waals surface area contributed by atoms with Gasteiger partial charge in [0, 0.05) is 5.69 Å². The number of hydrogen-bond acceptors (Lipinski definition) is 4. The first-order valence-corrected chi connectivity index (χ1v) is 10.1. The summed E-state index contributed by atoms with van der Waals surface area (Å²) in [5.41, 5.74) is 4.28. The number of carbonyl (C=O) groups excluding carboxylic acids is 2. The predicted molar refractivity (Wildman–Crippen MR) is 117 cm³/mol. The van der Waals surface area contributed by atoms with Crippen molar-refractivity contribution in [3.63, 3.8) is 0 Å². The van der Waals surface area contributed by atoms with Gasteiger partial charge in [0.05, 0.1) is 17.1 Å². The number of anilines is 1. The molecule has 156 valence electrons. The van der Waals surface area contributed by atoms with Gasteiger partial charge in [-0.2, -0.15) is 5.10 Å².